The van der Waals surface area contributed by atoms with Crippen LogP contribution in [0.5, 0.6) is 5.75 Å². The van der Waals surface area contributed by atoms with Crippen LogP contribution >= 0.6 is 0 Å². The molecule has 1 unspecified atom stereocenters. The lowest BCUT2D eigenvalue weighted by Gasteiger charge is -2.25. The second-order valence-electron chi connectivity index (χ2n) is 7.09. The molecular weight excluding hydrogens is 376 g/mol. The highest BCUT2D eigenvalue weighted by molar-refractivity contribution is 7.92. The number of carbonyl (C=O) groups excluding carboxylic acids is 1. The zero-order valence-electron chi connectivity index (χ0n) is 17.2. The molecule has 6 nitrogen and oxygen atoms in total. The van der Waals surface area contributed by atoms with Crippen LogP contribution in [0, 0.1) is 20.8 Å². The van der Waals surface area contributed by atoms with E-state index in [1.807, 2.05) is 52.0 Å². The molecule has 2 rings (SSSR count). The van der Waals surface area contributed by atoms with Crippen LogP contribution < -0.4 is 14.4 Å². The molecule has 0 fully saturated rings. The molecule has 28 heavy (non-hydrogen) atoms. The number of benzene rings is 2. The summed E-state index contributed by atoms with van der Waals surface area (Å²) in [5.41, 5.74) is 4.39. The quantitative estimate of drug-likeness (QED) is 0.769. The van der Waals surface area contributed by atoms with Crippen LogP contribution in [-0.2, 0) is 14.8 Å². The van der Waals surface area contributed by atoms with Gasteiger partial charge >= 0.3 is 0 Å². The number of rotatable bonds is 7. The summed E-state index contributed by atoms with van der Waals surface area (Å²) >= 11 is 0. The maximum atomic E-state index is 12.7. The molecular formula is C21H28N2O4S. The van der Waals surface area contributed by atoms with Gasteiger partial charge in [-0.25, -0.2) is 8.42 Å². The van der Waals surface area contributed by atoms with E-state index in [1.165, 1.54) is 7.11 Å². The van der Waals surface area contributed by atoms with Crippen LogP contribution in [0.15, 0.2) is 36.4 Å². The number of amides is 1. The highest BCUT2D eigenvalue weighted by atomic mass is 32.2. The number of anilines is 1. The molecule has 1 amide bonds. The number of aryl methyl sites for hydroxylation is 3. The second-order valence-corrected chi connectivity index (χ2v) is 9.00. The summed E-state index contributed by atoms with van der Waals surface area (Å²) < 4.78 is 31.2. The summed E-state index contributed by atoms with van der Waals surface area (Å²) in [6.45, 7) is 7.39. The first-order valence-corrected chi connectivity index (χ1v) is 10.9. The third-order valence-electron chi connectivity index (χ3n) is 4.57. The molecule has 0 saturated carbocycles. The Hall–Kier alpha value is -2.54. The minimum atomic E-state index is -3.69. The van der Waals surface area contributed by atoms with Crippen LogP contribution in [0.3, 0.4) is 0 Å². The molecule has 152 valence electrons. The first-order chi connectivity index (χ1) is 13.0. The maximum Gasteiger partial charge on any atom is 0.241 e. The molecule has 2 aromatic carbocycles. The molecule has 0 saturated heterocycles. The Morgan fingerprint density at radius 2 is 1.71 bits per heavy atom. The largest absolute Gasteiger partial charge is 0.495 e. The Morgan fingerprint density at radius 3 is 2.32 bits per heavy atom. The number of carbonyl (C=O) groups is 1. The summed E-state index contributed by atoms with van der Waals surface area (Å²) in [4.78, 5) is 12.7. The van der Waals surface area contributed by atoms with Crippen LogP contribution in [-0.4, -0.2) is 34.2 Å². The van der Waals surface area contributed by atoms with E-state index in [0.29, 0.717) is 11.4 Å². The Bertz CT molecular complexity index is 970. The van der Waals surface area contributed by atoms with E-state index in [-0.39, 0.29) is 18.5 Å². The summed E-state index contributed by atoms with van der Waals surface area (Å²) in [6, 6.07) is 11.0. The Labute approximate surface area is 167 Å². The van der Waals surface area contributed by atoms with E-state index in [9.17, 15) is 13.2 Å². The topological polar surface area (TPSA) is 75.7 Å². The molecule has 0 spiro atoms. The fraction of sp³-hybridized carbons (Fsp3) is 0.381. The van der Waals surface area contributed by atoms with Crippen molar-refractivity contribution in [3.8, 4) is 5.75 Å². The van der Waals surface area contributed by atoms with Crippen molar-refractivity contribution < 1.29 is 17.9 Å². The zero-order valence-corrected chi connectivity index (χ0v) is 18.1. The number of methoxy groups -OCH3 is 1. The number of hydrogen-bond acceptors (Lipinski definition) is 4. The van der Waals surface area contributed by atoms with Gasteiger partial charge < -0.3 is 10.1 Å². The lowest BCUT2D eigenvalue weighted by atomic mass is 10.00. The molecule has 0 heterocycles. The SMILES string of the molecule is COc1ccc(C)cc1N(CC(=O)NC(C)c1cc(C)ccc1C)S(C)(=O)=O. The third kappa shape index (κ3) is 5.25. The van der Waals surface area contributed by atoms with E-state index >= 15 is 0 Å². The predicted molar refractivity (Wildman–Crippen MR) is 112 cm³/mol. The predicted octanol–water partition coefficient (Wildman–Crippen LogP) is 3.26. The van der Waals surface area contributed by atoms with Gasteiger partial charge in [0.2, 0.25) is 15.9 Å². The lowest BCUT2D eigenvalue weighted by Crippen LogP contribution is -2.41. The molecule has 0 bridgehead atoms. The fourth-order valence-electron chi connectivity index (χ4n) is 3.10. The minimum absolute atomic E-state index is 0.242. The van der Waals surface area contributed by atoms with Crippen molar-refractivity contribution >= 4 is 21.6 Å². The van der Waals surface area contributed by atoms with Crippen molar-refractivity contribution in [1.29, 1.82) is 0 Å². The van der Waals surface area contributed by atoms with Crippen LogP contribution in [0.4, 0.5) is 5.69 Å². The smallest absolute Gasteiger partial charge is 0.241 e. The number of nitrogens with one attached hydrogen (secondary N) is 1. The van der Waals surface area contributed by atoms with E-state index in [1.54, 1.807) is 12.1 Å². The highest BCUT2D eigenvalue weighted by Crippen LogP contribution is 2.31. The molecule has 0 aliphatic carbocycles. The normalized spacial score (nSPS) is 12.4. The standard InChI is InChI=1S/C21H28N2O4S/c1-14-7-9-16(3)18(11-14)17(4)22-21(24)13-23(28(6,25)26)19-12-15(2)8-10-20(19)27-5/h7-12,17H,13H2,1-6H3,(H,22,24). The van der Waals surface area contributed by atoms with Gasteiger partial charge in [0.05, 0.1) is 25.1 Å². The zero-order chi connectivity index (χ0) is 21.1. The van der Waals surface area contributed by atoms with E-state index in [4.69, 9.17) is 4.74 Å². The highest BCUT2D eigenvalue weighted by Gasteiger charge is 2.25. The average molecular weight is 405 g/mol. The van der Waals surface area contributed by atoms with Crippen molar-refractivity contribution in [3.63, 3.8) is 0 Å². The molecule has 0 radical (unpaired) electrons. The van der Waals surface area contributed by atoms with E-state index < -0.39 is 10.0 Å². The molecule has 2 aromatic rings. The lowest BCUT2D eigenvalue weighted by molar-refractivity contribution is -0.120. The van der Waals surface area contributed by atoms with Crippen molar-refractivity contribution in [2.75, 3.05) is 24.2 Å². The minimum Gasteiger partial charge on any atom is -0.495 e. The fourth-order valence-corrected chi connectivity index (χ4v) is 3.95. The van der Waals surface area contributed by atoms with Gasteiger partial charge in [0.1, 0.15) is 12.3 Å². The summed E-state index contributed by atoms with van der Waals surface area (Å²) in [5, 5.41) is 2.90. The van der Waals surface area contributed by atoms with Gasteiger partial charge in [-0.1, -0.05) is 29.8 Å². The Balaban J connectivity index is 2.27. The maximum absolute atomic E-state index is 12.7. The second kappa shape index (κ2) is 8.65. The summed E-state index contributed by atoms with van der Waals surface area (Å²) in [5.74, 6) is 0.00814. The van der Waals surface area contributed by atoms with Gasteiger partial charge in [-0.15, -0.1) is 0 Å². The monoisotopic (exact) mass is 404 g/mol. The van der Waals surface area contributed by atoms with Gasteiger partial charge in [0, 0.05) is 0 Å². The molecule has 1 atom stereocenters. The van der Waals surface area contributed by atoms with Crippen molar-refractivity contribution in [2.45, 2.75) is 33.7 Å². The van der Waals surface area contributed by atoms with Gasteiger partial charge in [-0.2, -0.15) is 0 Å². The van der Waals surface area contributed by atoms with Crippen LogP contribution in [0.25, 0.3) is 0 Å². The van der Waals surface area contributed by atoms with Crippen LogP contribution in [0.2, 0.25) is 0 Å². The molecule has 0 aliphatic heterocycles. The summed E-state index contributed by atoms with van der Waals surface area (Å²) in [6.07, 6.45) is 1.08. The molecule has 7 heteroatoms. The number of nitrogens with zero attached hydrogens (tertiary/aromatic N) is 1. The first-order valence-electron chi connectivity index (χ1n) is 9.01. The third-order valence-corrected chi connectivity index (χ3v) is 5.70. The van der Waals surface area contributed by atoms with Crippen molar-refractivity contribution in [2.24, 2.45) is 0 Å². The van der Waals surface area contributed by atoms with Gasteiger partial charge in [0.15, 0.2) is 0 Å². The Morgan fingerprint density at radius 1 is 1.11 bits per heavy atom. The number of hydrogen-bond donors (Lipinski definition) is 1. The van der Waals surface area contributed by atoms with Crippen LogP contribution in [0.1, 0.15) is 35.2 Å². The first kappa shape index (κ1) is 21.8. The van der Waals surface area contributed by atoms with Crippen molar-refractivity contribution in [3.05, 3.63) is 58.7 Å². The number of ether oxygens (including phenoxy) is 1. The van der Waals surface area contributed by atoms with Gasteiger partial charge in [-0.05, 0) is 56.5 Å². The summed E-state index contributed by atoms with van der Waals surface area (Å²) in [7, 11) is -2.22. The van der Waals surface area contributed by atoms with Gasteiger partial charge in [-0.3, -0.25) is 9.10 Å². The molecule has 1 N–H and O–H groups in total. The van der Waals surface area contributed by atoms with E-state index in [2.05, 4.69) is 5.32 Å². The van der Waals surface area contributed by atoms with E-state index in [0.717, 1.165) is 32.8 Å². The Kier molecular flexibility index (Phi) is 6.72. The molecule has 0 aromatic heterocycles. The number of sulfonamides is 1. The molecule has 0 aliphatic rings. The average Bonchev–Trinajstić information content (AvgIpc) is 2.60. The van der Waals surface area contributed by atoms with Gasteiger partial charge in [0.25, 0.3) is 0 Å². The van der Waals surface area contributed by atoms with Crippen molar-refractivity contribution in [1.82, 2.24) is 5.32 Å².